The van der Waals surface area contributed by atoms with Crippen molar-refractivity contribution in [1.82, 2.24) is 4.90 Å². The van der Waals surface area contributed by atoms with Gasteiger partial charge in [0.25, 0.3) is 0 Å². The predicted molar refractivity (Wildman–Crippen MR) is 115 cm³/mol. The van der Waals surface area contributed by atoms with Gasteiger partial charge in [0.05, 0.1) is 10.6 Å². The lowest BCUT2D eigenvalue weighted by Crippen LogP contribution is -2.50. The summed E-state index contributed by atoms with van der Waals surface area (Å²) in [7, 11) is 0. The molecule has 0 amide bonds. The Balaban J connectivity index is 1.61. The Kier molecular flexibility index (Phi) is 6.09. The zero-order valence-electron chi connectivity index (χ0n) is 14.7. The number of hydrogen-bond acceptors (Lipinski definition) is 3. The number of nitrogens with one attached hydrogen (secondary N) is 1. The summed E-state index contributed by atoms with van der Waals surface area (Å²) in [5.74, 6) is -1.05. The fourth-order valence-corrected chi connectivity index (χ4v) is 3.77. The molecule has 0 aliphatic carbocycles. The number of rotatable bonds is 3. The van der Waals surface area contributed by atoms with Gasteiger partial charge in [0.1, 0.15) is 0 Å². The number of aromatic carboxylic acids is 1. The highest BCUT2D eigenvalue weighted by Crippen LogP contribution is 2.26. The summed E-state index contributed by atoms with van der Waals surface area (Å²) >= 11 is 17.6. The van der Waals surface area contributed by atoms with Crippen molar-refractivity contribution in [3.05, 3.63) is 57.6 Å². The summed E-state index contributed by atoms with van der Waals surface area (Å²) in [6.45, 7) is 5.30. The van der Waals surface area contributed by atoms with Gasteiger partial charge in [0, 0.05) is 42.6 Å². The number of hydrogen-bond donors (Lipinski definition) is 2. The molecule has 2 aromatic rings. The van der Waals surface area contributed by atoms with Crippen LogP contribution in [-0.4, -0.2) is 47.3 Å². The molecule has 0 radical (unpaired) electrons. The van der Waals surface area contributed by atoms with Gasteiger partial charge in [-0.15, -0.1) is 0 Å². The molecule has 0 unspecified atom stereocenters. The minimum atomic E-state index is -1.05. The topological polar surface area (TPSA) is 55.8 Å². The molecule has 1 heterocycles. The first-order valence-corrected chi connectivity index (χ1v) is 9.61. The van der Waals surface area contributed by atoms with E-state index in [4.69, 9.17) is 40.5 Å². The molecule has 1 fully saturated rings. The maximum atomic E-state index is 11.0. The summed E-state index contributed by atoms with van der Waals surface area (Å²) in [5, 5.41) is 13.7. The fraction of sp³-hybridized carbons (Fsp3) is 0.263. The van der Waals surface area contributed by atoms with Gasteiger partial charge in [-0.05, 0) is 55.0 Å². The van der Waals surface area contributed by atoms with E-state index < -0.39 is 5.97 Å². The van der Waals surface area contributed by atoms with Gasteiger partial charge >= 0.3 is 5.97 Å². The molecular weight excluding hydrogens is 405 g/mol. The predicted octanol–water partition coefficient (Wildman–Crippen LogP) is 4.52. The molecule has 27 heavy (non-hydrogen) atoms. The van der Waals surface area contributed by atoms with E-state index in [9.17, 15) is 4.79 Å². The molecular formula is C19H19Cl2N3O2S. The van der Waals surface area contributed by atoms with Crippen molar-refractivity contribution in [2.24, 2.45) is 0 Å². The highest BCUT2D eigenvalue weighted by Gasteiger charge is 2.21. The maximum absolute atomic E-state index is 11.0. The van der Waals surface area contributed by atoms with Crippen LogP contribution in [0.1, 0.15) is 15.9 Å². The van der Waals surface area contributed by atoms with E-state index in [1.54, 1.807) is 12.1 Å². The molecule has 0 spiro atoms. The molecule has 8 heteroatoms. The number of nitrogens with zero attached hydrogens (tertiary/aromatic N) is 2. The van der Waals surface area contributed by atoms with Crippen LogP contribution >= 0.6 is 35.4 Å². The number of carboxylic acids is 1. The highest BCUT2D eigenvalue weighted by atomic mass is 35.5. The van der Waals surface area contributed by atoms with Crippen molar-refractivity contribution >= 4 is 57.9 Å². The minimum Gasteiger partial charge on any atom is -0.478 e. The lowest BCUT2D eigenvalue weighted by molar-refractivity contribution is 0.0697. The van der Waals surface area contributed by atoms with E-state index in [-0.39, 0.29) is 10.6 Å². The molecule has 1 aliphatic rings. The molecule has 142 valence electrons. The summed E-state index contributed by atoms with van der Waals surface area (Å²) in [5.41, 5.74) is 3.08. The number of thiocarbonyl (C=S) groups is 1. The van der Waals surface area contributed by atoms with Crippen LogP contribution in [0.5, 0.6) is 0 Å². The third kappa shape index (κ3) is 4.64. The molecule has 2 N–H and O–H groups in total. The van der Waals surface area contributed by atoms with Gasteiger partial charge in [-0.1, -0.05) is 29.3 Å². The molecule has 0 saturated carbocycles. The van der Waals surface area contributed by atoms with Gasteiger partial charge in [0.2, 0.25) is 0 Å². The molecule has 5 nitrogen and oxygen atoms in total. The van der Waals surface area contributed by atoms with E-state index in [0.29, 0.717) is 10.8 Å². The van der Waals surface area contributed by atoms with Gasteiger partial charge in [-0.3, -0.25) is 0 Å². The number of anilines is 2. The van der Waals surface area contributed by atoms with Gasteiger partial charge in [-0.25, -0.2) is 4.79 Å². The number of carbonyl (C=O) groups is 1. The lowest BCUT2D eigenvalue weighted by Gasteiger charge is -2.38. The summed E-state index contributed by atoms with van der Waals surface area (Å²) < 4.78 is 0. The van der Waals surface area contributed by atoms with E-state index in [0.717, 1.165) is 36.9 Å². The first kappa shape index (κ1) is 19.7. The monoisotopic (exact) mass is 423 g/mol. The van der Waals surface area contributed by atoms with E-state index in [1.807, 2.05) is 18.2 Å². The Morgan fingerprint density at radius 1 is 1.11 bits per heavy atom. The number of benzene rings is 2. The second-order valence-corrected chi connectivity index (χ2v) is 7.57. The normalized spacial score (nSPS) is 14.2. The molecule has 0 bridgehead atoms. The Bertz CT molecular complexity index is 883. The Morgan fingerprint density at radius 2 is 1.81 bits per heavy atom. The first-order chi connectivity index (χ1) is 12.8. The van der Waals surface area contributed by atoms with Crippen molar-refractivity contribution in [2.45, 2.75) is 6.92 Å². The van der Waals surface area contributed by atoms with Crippen LogP contribution < -0.4 is 10.2 Å². The SMILES string of the molecule is Cc1ccc(Cl)cc1N1CCN(C(=S)Nc2ccc(C(=O)O)c(Cl)c2)CC1. The Morgan fingerprint density at radius 3 is 2.44 bits per heavy atom. The third-order valence-corrected chi connectivity index (χ3v) is 5.44. The molecule has 2 aromatic carbocycles. The van der Waals surface area contributed by atoms with Gasteiger partial charge in [-0.2, -0.15) is 0 Å². The maximum Gasteiger partial charge on any atom is 0.337 e. The largest absolute Gasteiger partial charge is 0.478 e. The summed E-state index contributed by atoms with van der Waals surface area (Å²) in [4.78, 5) is 15.4. The lowest BCUT2D eigenvalue weighted by atomic mass is 10.1. The van der Waals surface area contributed by atoms with Crippen molar-refractivity contribution in [2.75, 3.05) is 36.4 Å². The van der Waals surface area contributed by atoms with E-state index >= 15 is 0 Å². The van der Waals surface area contributed by atoms with Crippen LogP contribution in [0.15, 0.2) is 36.4 Å². The average Bonchev–Trinajstić information content (AvgIpc) is 2.63. The standard InChI is InChI=1S/C19H19Cl2N3O2S/c1-12-2-3-13(20)10-17(12)23-6-8-24(9-7-23)19(27)22-14-4-5-15(18(25)26)16(21)11-14/h2-5,10-11H,6-9H2,1H3,(H,22,27)(H,25,26). The number of carboxylic acid groups (broad SMARTS) is 1. The quantitative estimate of drug-likeness (QED) is 0.707. The van der Waals surface area contributed by atoms with Crippen molar-refractivity contribution in [3.63, 3.8) is 0 Å². The number of halogens is 2. The number of aryl methyl sites for hydroxylation is 1. The van der Waals surface area contributed by atoms with Crippen LogP contribution in [0.25, 0.3) is 0 Å². The van der Waals surface area contributed by atoms with Crippen molar-refractivity contribution in [3.8, 4) is 0 Å². The molecule has 1 aliphatic heterocycles. The van der Waals surface area contributed by atoms with Crippen LogP contribution in [0.3, 0.4) is 0 Å². The summed E-state index contributed by atoms with van der Waals surface area (Å²) in [6, 6.07) is 10.6. The van der Waals surface area contributed by atoms with E-state index in [2.05, 4.69) is 22.0 Å². The van der Waals surface area contributed by atoms with E-state index in [1.165, 1.54) is 11.6 Å². The van der Waals surface area contributed by atoms with Gasteiger partial charge in [0.15, 0.2) is 5.11 Å². The molecule has 0 atom stereocenters. The van der Waals surface area contributed by atoms with Crippen LogP contribution in [-0.2, 0) is 0 Å². The summed E-state index contributed by atoms with van der Waals surface area (Å²) in [6.07, 6.45) is 0. The van der Waals surface area contributed by atoms with Crippen molar-refractivity contribution in [1.29, 1.82) is 0 Å². The van der Waals surface area contributed by atoms with Crippen LogP contribution in [0, 0.1) is 6.92 Å². The second kappa shape index (κ2) is 8.33. The smallest absolute Gasteiger partial charge is 0.337 e. The van der Waals surface area contributed by atoms with Crippen LogP contribution in [0.4, 0.5) is 11.4 Å². The Labute approximate surface area is 173 Å². The van der Waals surface area contributed by atoms with Crippen molar-refractivity contribution < 1.29 is 9.90 Å². The zero-order valence-corrected chi connectivity index (χ0v) is 17.0. The molecule has 3 rings (SSSR count). The molecule has 0 aromatic heterocycles. The zero-order chi connectivity index (χ0) is 19.6. The van der Waals surface area contributed by atoms with Crippen LogP contribution in [0.2, 0.25) is 10.0 Å². The second-order valence-electron chi connectivity index (χ2n) is 6.33. The molecule has 1 saturated heterocycles. The Hall–Kier alpha value is -2.02. The third-order valence-electron chi connectivity index (χ3n) is 4.53. The highest BCUT2D eigenvalue weighted by molar-refractivity contribution is 7.80. The average molecular weight is 424 g/mol. The van der Waals surface area contributed by atoms with Gasteiger partial charge < -0.3 is 20.2 Å². The first-order valence-electron chi connectivity index (χ1n) is 8.45. The fourth-order valence-electron chi connectivity index (χ4n) is 3.04. The number of piperazine rings is 1. The minimum absolute atomic E-state index is 0.0682.